The Balaban J connectivity index is 2.78. The van der Waals surface area contributed by atoms with Crippen LogP contribution in [0.1, 0.15) is 42.4 Å². The van der Waals surface area contributed by atoms with Crippen LogP contribution in [0.4, 0.5) is 10.7 Å². The third-order valence-corrected chi connectivity index (χ3v) is 3.67. The number of nitrogens with one attached hydrogen (secondary N) is 1. The average Bonchev–Trinajstić information content (AvgIpc) is 2.70. The van der Waals surface area contributed by atoms with Crippen LogP contribution >= 0.6 is 11.3 Å². The lowest BCUT2D eigenvalue weighted by Gasteiger charge is -2.08. The first-order valence-electron chi connectivity index (χ1n) is 6.22. The van der Waals surface area contributed by atoms with Gasteiger partial charge in [-0.1, -0.05) is 6.92 Å². The van der Waals surface area contributed by atoms with Crippen LogP contribution in [0.3, 0.4) is 0 Å². The topological polar surface area (TPSA) is 88.1 Å². The highest BCUT2D eigenvalue weighted by Crippen LogP contribution is 2.35. The molecule has 0 saturated carbocycles. The van der Waals surface area contributed by atoms with Crippen LogP contribution in [0.25, 0.3) is 0 Å². The number of carbonyl (C=O) groups is 1. The second kappa shape index (κ2) is 7.12. The van der Waals surface area contributed by atoms with Crippen molar-refractivity contribution in [3.63, 3.8) is 0 Å². The number of hydrogen-bond acceptors (Lipinski definition) is 6. The molecular formula is C13H19N3O2S. The van der Waals surface area contributed by atoms with Crippen molar-refractivity contribution >= 4 is 27.8 Å². The third-order valence-electron chi connectivity index (χ3n) is 2.47. The van der Waals surface area contributed by atoms with E-state index in [1.807, 2.05) is 19.9 Å². The molecular weight excluding hydrogens is 262 g/mol. The van der Waals surface area contributed by atoms with Crippen LogP contribution in [0.2, 0.25) is 0 Å². The molecule has 1 rings (SSSR count). The van der Waals surface area contributed by atoms with Crippen molar-refractivity contribution in [2.75, 3.05) is 24.2 Å². The lowest BCUT2D eigenvalue weighted by molar-refractivity contribution is 0.0871. The Morgan fingerprint density at radius 3 is 2.79 bits per heavy atom. The first-order chi connectivity index (χ1) is 9.01. The van der Waals surface area contributed by atoms with Gasteiger partial charge in [-0.15, -0.1) is 11.3 Å². The normalized spacial score (nSPS) is 10.5. The number of thiophene rings is 1. The second-order valence-corrected chi connectivity index (χ2v) is 5.30. The molecule has 1 aromatic heterocycles. The van der Waals surface area contributed by atoms with Gasteiger partial charge in [0.2, 0.25) is 0 Å². The molecule has 6 heteroatoms. The quantitative estimate of drug-likeness (QED) is 0.592. The van der Waals surface area contributed by atoms with E-state index in [2.05, 4.69) is 5.32 Å². The van der Waals surface area contributed by atoms with Gasteiger partial charge >= 0.3 is 0 Å². The monoisotopic (exact) mass is 281 g/mol. The zero-order chi connectivity index (χ0) is 14.4. The summed E-state index contributed by atoms with van der Waals surface area (Å²) in [6.07, 6.45) is 0.550. The predicted octanol–water partition coefficient (Wildman–Crippen LogP) is 2.63. The fourth-order valence-corrected chi connectivity index (χ4v) is 2.61. The molecule has 0 spiro atoms. The highest BCUT2D eigenvalue weighted by atomic mass is 32.1. The molecule has 0 unspecified atom stereocenters. The number of nitrogen functional groups attached to an aromatic ring is 1. The van der Waals surface area contributed by atoms with E-state index in [0.29, 0.717) is 35.0 Å². The first-order valence-corrected chi connectivity index (χ1v) is 7.03. The summed E-state index contributed by atoms with van der Waals surface area (Å²) in [5.41, 5.74) is 6.48. The maximum atomic E-state index is 11.7. The summed E-state index contributed by atoms with van der Waals surface area (Å²) in [4.78, 5) is 12.2. The SMILES string of the molecule is CCC(=O)c1sc(NCCOC(C)C)c(C#N)c1N. The predicted molar refractivity (Wildman–Crippen MR) is 77.6 cm³/mol. The zero-order valence-corrected chi connectivity index (χ0v) is 12.3. The largest absolute Gasteiger partial charge is 0.396 e. The summed E-state index contributed by atoms with van der Waals surface area (Å²) < 4.78 is 5.40. The van der Waals surface area contributed by atoms with E-state index in [1.165, 1.54) is 11.3 Å². The van der Waals surface area contributed by atoms with Crippen molar-refractivity contribution in [2.24, 2.45) is 0 Å². The molecule has 5 nitrogen and oxygen atoms in total. The minimum Gasteiger partial charge on any atom is -0.396 e. The fraction of sp³-hybridized carbons (Fsp3) is 0.538. The van der Waals surface area contributed by atoms with Crippen molar-refractivity contribution in [1.82, 2.24) is 0 Å². The number of anilines is 2. The number of carbonyl (C=O) groups excluding carboxylic acids is 1. The van der Waals surface area contributed by atoms with Gasteiger partial charge in [0.05, 0.1) is 23.3 Å². The number of Topliss-reactive ketones (excluding diaryl/α,β-unsaturated/α-hetero) is 1. The van der Waals surface area contributed by atoms with Gasteiger partial charge in [-0.25, -0.2) is 0 Å². The molecule has 0 aliphatic carbocycles. The lowest BCUT2D eigenvalue weighted by Crippen LogP contribution is -2.13. The highest BCUT2D eigenvalue weighted by molar-refractivity contribution is 7.19. The fourth-order valence-electron chi connectivity index (χ4n) is 1.51. The summed E-state index contributed by atoms with van der Waals surface area (Å²) in [5.74, 6) is -0.0366. The summed E-state index contributed by atoms with van der Waals surface area (Å²) in [6.45, 7) is 6.81. The summed E-state index contributed by atoms with van der Waals surface area (Å²) in [5, 5.41) is 12.8. The number of ether oxygens (including phenoxy) is 1. The van der Waals surface area contributed by atoms with Crippen LogP contribution in [0.5, 0.6) is 0 Å². The molecule has 0 aliphatic heterocycles. The van der Waals surface area contributed by atoms with Crippen molar-refractivity contribution < 1.29 is 9.53 Å². The summed E-state index contributed by atoms with van der Waals surface area (Å²) in [7, 11) is 0. The van der Waals surface area contributed by atoms with Gasteiger partial charge in [0.1, 0.15) is 16.6 Å². The van der Waals surface area contributed by atoms with Crippen LogP contribution in [0, 0.1) is 11.3 Å². The van der Waals surface area contributed by atoms with E-state index in [4.69, 9.17) is 15.7 Å². The molecule has 0 saturated heterocycles. The Hall–Kier alpha value is -1.58. The Kier molecular flexibility index (Phi) is 5.80. The number of nitrogens with zero attached hydrogens (tertiary/aromatic N) is 1. The molecule has 0 radical (unpaired) electrons. The van der Waals surface area contributed by atoms with Crippen molar-refractivity contribution in [1.29, 1.82) is 5.26 Å². The molecule has 19 heavy (non-hydrogen) atoms. The Labute approximate surface area is 117 Å². The van der Waals surface area contributed by atoms with Crippen LogP contribution in [-0.4, -0.2) is 25.0 Å². The van der Waals surface area contributed by atoms with Crippen LogP contribution in [0.15, 0.2) is 0 Å². The maximum Gasteiger partial charge on any atom is 0.174 e. The standard InChI is InChI=1S/C13H19N3O2S/c1-4-10(17)12-11(15)9(7-14)13(19-12)16-5-6-18-8(2)3/h8,16H,4-6,15H2,1-3H3. The Morgan fingerprint density at radius 2 is 2.26 bits per heavy atom. The Morgan fingerprint density at radius 1 is 1.58 bits per heavy atom. The number of rotatable bonds is 7. The van der Waals surface area contributed by atoms with E-state index in [9.17, 15) is 4.79 Å². The second-order valence-electron chi connectivity index (χ2n) is 4.28. The van der Waals surface area contributed by atoms with Crippen LogP contribution < -0.4 is 11.1 Å². The first kappa shape index (κ1) is 15.5. The van der Waals surface area contributed by atoms with Gasteiger partial charge < -0.3 is 15.8 Å². The average molecular weight is 281 g/mol. The number of nitrogens with two attached hydrogens (primary N) is 1. The van der Waals surface area contributed by atoms with E-state index in [1.54, 1.807) is 6.92 Å². The van der Waals surface area contributed by atoms with Gasteiger partial charge in [-0.2, -0.15) is 5.26 Å². The molecule has 0 amide bonds. The smallest absolute Gasteiger partial charge is 0.174 e. The van der Waals surface area contributed by atoms with Crippen molar-refractivity contribution in [2.45, 2.75) is 33.3 Å². The molecule has 3 N–H and O–H groups in total. The number of ketones is 1. The molecule has 0 aliphatic rings. The zero-order valence-electron chi connectivity index (χ0n) is 11.4. The molecule has 0 bridgehead atoms. The van der Waals surface area contributed by atoms with Crippen LogP contribution in [-0.2, 0) is 4.74 Å². The lowest BCUT2D eigenvalue weighted by atomic mass is 10.2. The molecule has 1 aromatic rings. The summed E-state index contributed by atoms with van der Waals surface area (Å²) in [6, 6.07) is 2.04. The van der Waals surface area contributed by atoms with Crippen molar-refractivity contribution in [3.8, 4) is 6.07 Å². The minimum atomic E-state index is -0.0366. The minimum absolute atomic E-state index is 0.0366. The van der Waals surface area contributed by atoms with E-state index < -0.39 is 0 Å². The molecule has 0 fully saturated rings. The van der Waals surface area contributed by atoms with Crippen molar-refractivity contribution in [3.05, 3.63) is 10.4 Å². The maximum absolute atomic E-state index is 11.7. The molecule has 0 aromatic carbocycles. The van der Waals surface area contributed by atoms with E-state index >= 15 is 0 Å². The van der Waals surface area contributed by atoms with Gasteiger partial charge in [-0.3, -0.25) is 4.79 Å². The van der Waals surface area contributed by atoms with E-state index in [0.717, 1.165) is 0 Å². The summed E-state index contributed by atoms with van der Waals surface area (Å²) >= 11 is 1.24. The third kappa shape index (κ3) is 3.94. The number of nitriles is 1. The molecule has 0 atom stereocenters. The molecule has 1 heterocycles. The molecule has 104 valence electrons. The number of hydrogen-bond donors (Lipinski definition) is 2. The van der Waals surface area contributed by atoms with Gasteiger partial charge in [0.25, 0.3) is 0 Å². The Bertz CT molecular complexity index is 489. The van der Waals surface area contributed by atoms with Gasteiger partial charge in [-0.05, 0) is 13.8 Å². The highest BCUT2D eigenvalue weighted by Gasteiger charge is 2.19. The van der Waals surface area contributed by atoms with E-state index in [-0.39, 0.29) is 17.6 Å². The van der Waals surface area contributed by atoms with Gasteiger partial charge in [0, 0.05) is 13.0 Å². The van der Waals surface area contributed by atoms with Gasteiger partial charge in [0.15, 0.2) is 5.78 Å².